The Hall–Kier alpha value is -1.03. The standard InChI is InChI=1S/C18H31N3O3S.HI/c1-6-15(4)24-17-12-14(3)8-9-16(17)13-21-18(19-7-2)20-10-11-25(5,22)23;/h8-9,12,15H,6-7,10-11,13H2,1-5H3,(H2,19,20,21);1H. The maximum Gasteiger partial charge on any atom is 0.191 e. The molecule has 26 heavy (non-hydrogen) atoms. The van der Waals surface area contributed by atoms with Gasteiger partial charge in [-0.05, 0) is 38.8 Å². The van der Waals surface area contributed by atoms with Gasteiger partial charge in [0.15, 0.2) is 5.96 Å². The van der Waals surface area contributed by atoms with Crippen molar-refractivity contribution in [3.63, 3.8) is 0 Å². The molecule has 0 spiro atoms. The van der Waals surface area contributed by atoms with Crippen molar-refractivity contribution in [1.82, 2.24) is 10.6 Å². The Morgan fingerprint density at radius 1 is 1.27 bits per heavy atom. The lowest BCUT2D eigenvalue weighted by Crippen LogP contribution is -2.39. The van der Waals surface area contributed by atoms with Crippen molar-refractivity contribution >= 4 is 39.8 Å². The fourth-order valence-corrected chi connectivity index (χ4v) is 2.54. The van der Waals surface area contributed by atoms with Gasteiger partial charge in [0.05, 0.1) is 18.4 Å². The number of sulfone groups is 1. The first kappa shape index (κ1) is 25.0. The third-order valence-corrected chi connectivity index (χ3v) is 4.59. The number of halogens is 1. The number of nitrogens with one attached hydrogen (secondary N) is 2. The van der Waals surface area contributed by atoms with Crippen LogP contribution in [0.4, 0.5) is 0 Å². The van der Waals surface area contributed by atoms with Crippen LogP contribution in [0.3, 0.4) is 0 Å². The average Bonchev–Trinajstić information content (AvgIpc) is 2.52. The van der Waals surface area contributed by atoms with Crippen LogP contribution in [-0.4, -0.2) is 45.6 Å². The molecule has 150 valence electrons. The van der Waals surface area contributed by atoms with Gasteiger partial charge in [-0.1, -0.05) is 19.1 Å². The highest BCUT2D eigenvalue weighted by Crippen LogP contribution is 2.23. The second-order valence-electron chi connectivity index (χ2n) is 6.20. The maximum absolute atomic E-state index is 11.2. The van der Waals surface area contributed by atoms with E-state index in [4.69, 9.17) is 4.74 Å². The molecular weight excluding hydrogens is 465 g/mol. The predicted octanol–water partition coefficient (Wildman–Crippen LogP) is 2.89. The summed E-state index contributed by atoms with van der Waals surface area (Å²) in [5.74, 6) is 1.52. The molecule has 0 aromatic heterocycles. The number of ether oxygens (including phenoxy) is 1. The number of aliphatic imine (C=N–C) groups is 1. The molecule has 0 amide bonds. The second kappa shape index (κ2) is 12.4. The largest absolute Gasteiger partial charge is 0.490 e. The molecule has 0 saturated carbocycles. The average molecular weight is 497 g/mol. The van der Waals surface area contributed by atoms with Crippen LogP contribution in [0.1, 0.15) is 38.3 Å². The molecule has 1 aromatic carbocycles. The molecule has 8 heteroatoms. The molecule has 1 rings (SSSR count). The molecule has 0 aliphatic heterocycles. The molecule has 0 aliphatic rings. The number of aryl methyl sites for hydroxylation is 1. The molecule has 0 aliphatic carbocycles. The Labute approximate surface area is 175 Å². The van der Waals surface area contributed by atoms with E-state index in [9.17, 15) is 8.42 Å². The molecule has 6 nitrogen and oxygen atoms in total. The highest BCUT2D eigenvalue weighted by Gasteiger charge is 2.08. The Balaban J connectivity index is 0.00000625. The molecule has 1 unspecified atom stereocenters. The zero-order valence-corrected chi connectivity index (χ0v) is 19.5. The molecule has 2 N–H and O–H groups in total. The summed E-state index contributed by atoms with van der Waals surface area (Å²) in [6.45, 7) is 9.63. The van der Waals surface area contributed by atoms with Crippen LogP contribution in [0, 0.1) is 6.92 Å². The summed E-state index contributed by atoms with van der Waals surface area (Å²) in [5.41, 5.74) is 2.15. The van der Waals surface area contributed by atoms with Gasteiger partial charge in [-0.3, -0.25) is 0 Å². The zero-order valence-electron chi connectivity index (χ0n) is 16.3. The van der Waals surface area contributed by atoms with Crippen molar-refractivity contribution < 1.29 is 13.2 Å². The van der Waals surface area contributed by atoms with Crippen molar-refractivity contribution in [2.45, 2.75) is 46.8 Å². The van der Waals surface area contributed by atoms with Crippen molar-refractivity contribution in [2.75, 3.05) is 25.1 Å². The van der Waals surface area contributed by atoms with Crippen LogP contribution < -0.4 is 15.4 Å². The van der Waals surface area contributed by atoms with E-state index in [1.165, 1.54) is 6.26 Å². The first-order valence-electron chi connectivity index (χ1n) is 8.71. The minimum absolute atomic E-state index is 0. The van der Waals surface area contributed by atoms with Gasteiger partial charge < -0.3 is 15.4 Å². The van der Waals surface area contributed by atoms with Gasteiger partial charge in [-0.15, -0.1) is 24.0 Å². The number of benzene rings is 1. The fraction of sp³-hybridized carbons (Fsp3) is 0.611. The summed E-state index contributed by atoms with van der Waals surface area (Å²) in [6, 6.07) is 6.09. The van der Waals surface area contributed by atoms with Gasteiger partial charge in [0.2, 0.25) is 0 Å². The van der Waals surface area contributed by atoms with E-state index in [0.717, 1.165) is 23.3 Å². The minimum Gasteiger partial charge on any atom is -0.490 e. The summed E-state index contributed by atoms with van der Waals surface area (Å²) in [4.78, 5) is 4.55. The van der Waals surface area contributed by atoms with Crippen LogP contribution in [-0.2, 0) is 16.4 Å². The Kier molecular flexibility index (Phi) is 11.9. The normalized spacial score (nSPS) is 12.9. The summed E-state index contributed by atoms with van der Waals surface area (Å²) < 4.78 is 28.5. The highest BCUT2D eigenvalue weighted by molar-refractivity contribution is 14.0. The van der Waals surface area contributed by atoms with Gasteiger partial charge in [0.1, 0.15) is 15.6 Å². The van der Waals surface area contributed by atoms with Gasteiger partial charge in [0.25, 0.3) is 0 Å². The van der Waals surface area contributed by atoms with Crippen LogP contribution in [0.2, 0.25) is 0 Å². The predicted molar refractivity (Wildman–Crippen MR) is 120 cm³/mol. The Bertz CT molecular complexity index is 678. The smallest absolute Gasteiger partial charge is 0.191 e. The molecule has 1 atom stereocenters. The summed E-state index contributed by atoms with van der Waals surface area (Å²) >= 11 is 0. The minimum atomic E-state index is -3.00. The summed E-state index contributed by atoms with van der Waals surface area (Å²) in [5, 5.41) is 6.17. The lowest BCUT2D eigenvalue weighted by atomic mass is 10.1. The van der Waals surface area contributed by atoms with Gasteiger partial charge >= 0.3 is 0 Å². The van der Waals surface area contributed by atoms with E-state index in [-0.39, 0.29) is 35.8 Å². The maximum atomic E-state index is 11.2. The topological polar surface area (TPSA) is 79.8 Å². The summed E-state index contributed by atoms with van der Waals surface area (Å²) in [7, 11) is -3.00. The van der Waals surface area contributed by atoms with E-state index in [1.807, 2.05) is 39.0 Å². The van der Waals surface area contributed by atoms with Crippen LogP contribution in [0.25, 0.3) is 0 Å². The Morgan fingerprint density at radius 3 is 2.54 bits per heavy atom. The van der Waals surface area contributed by atoms with E-state index in [0.29, 0.717) is 25.6 Å². The molecule has 1 aromatic rings. The van der Waals surface area contributed by atoms with Crippen LogP contribution >= 0.6 is 24.0 Å². The number of guanidine groups is 1. The third kappa shape index (κ3) is 10.2. The molecule has 0 saturated heterocycles. The zero-order chi connectivity index (χ0) is 18.9. The molecule has 0 heterocycles. The van der Waals surface area contributed by atoms with E-state index < -0.39 is 9.84 Å². The van der Waals surface area contributed by atoms with Gasteiger partial charge in [0, 0.05) is 24.9 Å². The third-order valence-electron chi connectivity index (χ3n) is 3.64. The molecule has 0 radical (unpaired) electrons. The van der Waals surface area contributed by atoms with Crippen molar-refractivity contribution in [2.24, 2.45) is 4.99 Å². The van der Waals surface area contributed by atoms with E-state index >= 15 is 0 Å². The molecular formula is C18H32IN3O3S. The van der Waals surface area contributed by atoms with Gasteiger partial charge in [-0.2, -0.15) is 0 Å². The number of rotatable bonds is 9. The lowest BCUT2D eigenvalue weighted by Gasteiger charge is -2.17. The fourth-order valence-electron chi connectivity index (χ4n) is 2.06. The Morgan fingerprint density at radius 2 is 1.96 bits per heavy atom. The van der Waals surface area contributed by atoms with Crippen LogP contribution in [0.5, 0.6) is 5.75 Å². The van der Waals surface area contributed by atoms with Crippen molar-refractivity contribution in [1.29, 1.82) is 0 Å². The first-order chi connectivity index (χ1) is 11.7. The number of nitrogens with zero attached hydrogens (tertiary/aromatic N) is 1. The van der Waals surface area contributed by atoms with E-state index in [1.54, 1.807) is 0 Å². The quantitative estimate of drug-likeness (QED) is 0.312. The molecule has 0 fully saturated rings. The number of hydrogen-bond donors (Lipinski definition) is 2. The van der Waals surface area contributed by atoms with Crippen LogP contribution in [0.15, 0.2) is 23.2 Å². The lowest BCUT2D eigenvalue weighted by molar-refractivity contribution is 0.215. The SMILES string of the molecule is CCNC(=NCc1ccc(C)cc1OC(C)CC)NCCS(C)(=O)=O.I. The molecule has 0 bridgehead atoms. The first-order valence-corrected chi connectivity index (χ1v) is 10.8. The van der Waals surface area contributed by atoms with Gasteiger partial charge in [-0.25, -0.2) is 13.4 Å². The van der Waals surface area contributed by atoms with Crippen molar-refractivity contribution in [3.8, 4) is 5.75 Å². The highest BCUT2D eigenvalue weighted by atomic mass is 127. The number of hydrogen-bond acceptors (Lipinski definition) is 4. The monoisotopic (exact) mass is 497 g/mol. The van der Waals surface area contributed by atoms with E-state index in [2.05, 4.69) is 22.5 Å². The second-order valence-corrected chi connectivity index (χ2v) is 8.46. The summed E-state index contributed by atoms with van der Waals surface area (Å²) in [6.07, 6.45) is 2.31. The van der Waals surface area contributed by atoms with Crippen molar-refractivity contribution in [3.05, 3.63) is 29.3 Å².